The zero-order valence-electron chi connectivity index (χ0n) is 11.1. The maximum atomic E-state index is 4.38. The van der Waals surface area contributed by atoms with Gasteiger partial charge in [0, 0.05) is 17.8 Å². The van der Waals surface area contributed by atoms with E-state index in [0.717, 1.165) is 35.2 Å². The summed E-state index contributed by atoms with van der Waals surface area (Å²) in [5.41, 5.74) is 1.14. The predicted molar refractivity (Wildman–Crippen MR) is 71.3 cm³/mol. The Bertz CT molecular complexity index is 455. The lowest BCUT2D eigenvalue weighted by Gasteiger charge is -2.12. The summed E-state index contributed by atoms with van der Waals surface area (Å²) >= 11 is 0. The fourth-order valence-electron chi connectivity index (χ4n) is 4.46. The molecule has 18 heavy (non-hydrogen) atoms. The number of aromatic nitrogens is 2. The minimum Gasteiger partial charge on any atom is -0.367 e. The summed E-state index contributed by atoms with van der Waals surface area (Å²) < 4.78 is 0. The molecule has 0 aliphatic heterocycles. The predicted octanol–water partition coefficient (Wildman–Crippen LogP) is 3.06. The average molecular weight is 243 g/mol. The molecule has 4 atom stereocenters. The van der Waals surface area contributed by atoms with Crippen molar-refractivity contribution in [3.05, 3.63) is 18.1 Å². The lowest BCUT2D eigenvalue weighted by Crippen LogP contribution is -2.14. The topological polar surface area (TPSA) is 37.8 Å². The van der Waals surface area contributed by atoms with Gasteiger partial charge in [0.1, 0.15) is 12.1 Å². The molecule has 3 aliphatic rings. The van der Waals surface area contributed by atoms with Gasteiger partial charge in [-0.15, -0.1) is 0 Å². The number of rotatable bonds is 3. The van der Waals surface area contributed by atoms with Crippen molar-refractivity contribution in [3.8, 4) is 0 Å². The standard InChI is InChI=1S/C15H21N3/c1-8(2)11-6-12(17-7-16-11)18-15-13-9-3-4-10(5-9)14(13)15/h6-10,13-15H,3-5H2,1-2H3,(H,16,17,18). The SMILES string of the molecule is CC(C)c1cc(NC2C3C4CCC(C4)C23)ncn1. The van der Waals surface area contributed by atoms with Gasteiger partial charge in [-0.3, -0.25) is 0 Å². The van der Waals surface area contributed by atoms with E-state index in [1.54, 1.807) is 6.33 Å². The normalized spacial score (nSPS) is 40.1. The van der Waals surface area contributed by atoms with Crippen molar-refractivity contribution >= 4 is 5.82 Å². The van der Waals surface area contributed by atoms with Crippen LogP contribution in [0, 0.1) is 23.7 Å². The summed E-state index contributed by atoms with van der Waals surface area (Å²) in [6, 6.07) is 2.84. The summed E-state index contributed by atoms with van der Waals surface area (Å²) in [5, 5.41) is 3.66. The molecule has 3 aliphatic carbocycles. The third-order valence-electron chi connectivity index (χ3n) is 5.33. The molecule has 0 saturated heterocycles. The molecule has 96 valence electrons. The van der Waals surface area contributed by atoms with Crippen molar-refractivity contribution in [2.45, 2.75) is 45.1 Å². The molecule has 0 aromatic carbocycles. The first-order valence-electron chi connectivity index (χ1n) is 7.32. The molecule has 2 bridgehead atoms. The van der Waals surface area contributed by atoms with E-state index < -0.39 is 0 Å². The molecule has 0 radical (unpaired) electrons. The minimum absolute atomic E-state index is 0.475. The van der Waals surface area contributed by atoms with Crippen LogP contribution in [0.15, 0.2) is 12.4 Å². The van der Waals surface area contributed by atoms with E-state index >= 15 is 0 Å². The van der Waals surface area contributed by atoms with Gasteiger partial charge in [-0.1, -0.05) is 13.8 Å². The van der Waals surface area contributed by atoms with Gasteiger partial charge >= 0.3 is 0 Å². The first-order valence-corrected chi connectivity index (χ1v) is 7.32. The molecule has 1 N–H and O–H groups in total. The Morgan fingerprint density at radius 2 is 1.89 bits per heavy atom. The van der Waals surface area contributed by atoms with Crippen LogP contribution < -0.4 is 5.32 Å². The van der Waals surface area contributed by atoms with E-state index in [1.807, 2.05) is 0 Å². The third kappa shape index (κ3) is 1.49. The summed E-state index contributed by atoms with van der Waals surface area (Å²) in [6.45, 7) is 4.36. The van der Waals surface area contributed by atoms with Gasteiger partial charge in [-0.2, -0.15) is 0 Å². The Kier molecular flexibility index (Phi) is 2.21. The first-order chi connectivity index (χ1) is 8.74. The van der Waals surface area contributed by atoms with Gasteiger partial charge in [0.2, 0.25) is 0 Å². The van der Waals surface area contributed by atoms with E-state index in [1.165, 1.54) is 19.3 Å². The molecule has 3 saturated carbocycles. The van der Waals surface area contributed by atoms with Crippen LogP contribution in [0.3, 0.4) is 0 Å². The van der Waals surface area contributed by atoms with Gasteiger partial charge in [-0.05, 0) is 48.9 Å². The maximum absolute atomic E-state index is 4.38. The Labute approximate surface area is 108 Å². The Hall–Kier alpha value is -1.12. The number of anilines is 1. The van der Waals surface area contributed by atoms with Crippen molar-refractivity contribution in [3.63, 3.8) is 0 Å². The highest BCUT2D eigenvalue weighted by molar-refractivity contribution is 5.41. The zero-order valence-corrected chi connectivity index (χ0v) is 11.1. The Balaban J connectivity index is 1.49. The monoisotopic (exact) mass is 243 g/mol. The van der Waals surface area contributed by atoms with Crippen LogP contribution in [-0.2, 0) is 0 Å². The van der Waals surface area contributed by atoms with E-state index in [0.29, 0.717) is 12.0 Å². The van der Waals surface area contributed by atoms with Crippen molar-refractivity contribution in [1.82, 2.24) is 9.97 Å². The summed E-state index contributed by atoms with van der Waals surface area (Å²) in [6.07, 6.45) is 6.16. The van der Waals surface area contributed by atoms with Crippen LogP contribution in [0.5, 0.6) is 0 Å². The molecule has 1 aromatic heterocycles. The second kappa shape index (κ2) is 3.69. The van der Waals surface area contributed by atoms with Gasteiger partial charge < -0.3 is 5.32 Å². The maximum Gasteiger partial charge on any atom is 0.129 e. The quantitative estimate of drug-likeness (QED) is 0.886. The van der Waals surface area contributed by atoms with Crippen molar-refractivity contribution in [1.29, 1.82) is 0 Å². The van der Waals surface area contributed by atoms with E-state index in [4.69, 9.17) is 0 Å². The zero-order chi connectivity index (χ0) is 12.3. The Morgan fingerprint density at radius 1 is 1.17 bits per heavy atom. The Morgan fingerprint density at radius 3 is 2.56 bits per heavy atom. The van der Waals surface area contributed by atoms with E-state index in [2.05, 4.69) is 35.2 Å². The van der Waals surface area contributed by atoms with Crippen molar-refractivity contribution in [2.24, 2.45) is 23.7 Å². The van der Waals surface area contributed by atoms with Gasteiger partial charge in [0.25, 0.3) is 0 Å². The highest BCUT2D eigenvalue weighted by Crippen LogP contribution is 2.66. The van der Waals surface area contributed by atoms with Gasteiger partial charge in [-0.25, -0.2) is 9.97 Å². The fraction of sp³-hybridized carbons (Fsp3) is 0.733. The van der Waals surface area contributed by atoms with E-state index in [-0.39, 0.29) is 0 Å². The summed E-state index contributed by atoms with van der Waals surface area (Å²) in [7, 11) is 0. The highest BCUT2D eigenvalue weighted by Gasteiger charge is 2.65. The third-order valence-corrected chi connectivity index (χ3v) is 5.33. The molecule has 3 fully saturated rings. The minimum atomic E-state index is 0.475. The van der Waals surface area contributed by atoms with Crippen LogP contribution in [0.2, 0.25) is 0 Å². The molecular weight excluding hydrogens is 222 g/mol. The van der Waals surface area contributed by atoms with Gasteiger partial charge in [0.05, 0.1) is 0 Å². The highest BCUT2D eigenvalue weighted by atomic mass is 15.1. The average Bonchev–Trinajstić information content (AvgIpc) is 2.77. The molecule has 4 unspecified atom stereocenters. The summed E-state index contributed by atoms with van der Waals surface area (Å²) in [5.74, 6) is 5.46. The number of hydrogen-bond acceptors (Lipinski definition) is 3. The van der Waals surface area contributed by atoms with Crippen LogP contribution >= 0.6 is 0 Å². The lowest BCUT2D eigenvalue weighted by molar-refractivity contribution is 0.456. The van der Waals surface area contributed by atoms with Crippen molar-refractivity contribution < 1.29 is 0 Å². The van der Waals surface area contributed by atoms with E-state index in [9.17, 15) is 0 Å². The van der Waals surface area contributed by atoms with Crippen LogP contribution in [0.4, 0.5) is 5.82 Å². The molecule has 0 amide bonds. The molecule has 1 aromatic rings. The molecule has 1 heterocycles. The van der Waals surface area contributed by atoms with Crippen molar-refractivity contribution in [2.75, 3.05) is 5.32 Å². The largest absolute Gasteiger partial charge is 0.367 e. The first kappa shape index (κ1) is 10.8. The number of nitrogens with one attached hydrogen (secondary N) is 1. The second-order valence-corrected chi connectivity index (χ2v) is 6.64. The van der Waals surface area contributed by atoms with Gasteiger partial charge in [0.15, 0.2) is 0 Å². The summed E-state index contributed by atoms with van der Waals surface area (Å²) in [4.78, 5) is 8.71. The lowest BCUT2D eigenvalue weighted by atomic mass is 10.0. The second-order valence-electron chi connectivity index (χ2n) is 6.64. The van der Waals surface area contributed by atoms with Crippen LogP contribution in [0.1, 0.15) is 44.7 Å². The number of nitrogens with zero attached hydrogens (tertiary/aromatic N) is 2. The molecular formula is C15H21N3. The molecule has 0 spiro atoms. The number of hydrogen-bond donors (Lipinski definition) is 1. The van der Waals surface area contributed by atoms with Crippen LogP contribution in [-0.4, -0.2) is 16.0 Å². The molecule has 3 nitrogen and oxygen atoms in total. The van der Waals surface area contributed by atoms with Crippen LogP contribution in [0.25, 0.3) is 0 Å². The smallest absolute Gasteiger partial charge is 0.129 e. The fourth-order valence-corrected chi connectivity index (χ4v) is 4.46. The molecule has 4 rings (SSSR count). The molecule has 3 heteroatoms. The number of fused-ring (bicyclic) bond motifs is 5.